The third kappa shape index (κ3) is 3.68. The number of nitrogens with zero attached hydrogens (tertiary/aromatic N) is 4. The SMILES string of the molecule is N#Cc1ccc(-c2ccc(-n3c4ccc(-c5ccccc5)cc4c4cc5ccccc5cc43)c3nccnc23)cc1. The maximum atomic E-state index is 9.26. The first-order chi connectivity index (χ1) is 20.3. The van der Waals surface area contributed by atoms with E-state index in [2.05, 4.69) is 102 Å². The number of aromatic nitrogens is 3. The number of hydrogen-bond acceptors (Lipinski definition) is 3. The quantitative estimate of drug-likeness (QED) is 0.232. The molecule has 0 aliphatic carbocycles. The van der Waals surface area contributed by atoms with E-state index in [-0.39, 0.29) is 0 Å². The molecule has 0 spiro atoms. The molecule has 0 saturated carbocycles. The fourth-order valence-corrected chi connectivity index (χ4v) is 5.96. The molecule has 0 saturated heterocycles. The Morgan fingerprint density at radius 2 is 1.22 bits per heavy atom. The lowest BCUT2D eigenvalue weighted by atomic mass is 10.0. The first-order valence-corrected chi connectivity index (χ1v) is 13.6. The van der Waals surface area contributed by atoms with E-state index in [4.69, 9.17) is 9.97 Å². The van der Waals surface area contributed by atoms with Crippen molar-refractivity contribution in [3.8, 4) is 34.0 Å². The van der Waals surface area contributed by atoms with Gasteiger partial charge in [-0.25, -0.2) is 0 Å². The predicted octanol–water partition coefficient (Wildman–Crippen LogP) is 9.09. The summed E-state index contributed by atoms with van der Waals surface area (Å²) in [6.45, 7) is 0. The Hall–Kier alpha value is -5.79. The van der Waals surface area contributed by atoms with Crippen LogP contribution in [0.15, 0.2) is 134 Å². The largest absolute Gasteiger partial charge is 0.307 e. The average Bonchev–Trinajstić information content (AvgIpc) is 3.36. The maximum Gasteiger partial charge on any atom is 0.113 e. The van der Waals surface area contributed by atoms with Gasteiger partial charge in [-0.2, -0.15) is 5.26 Å². The van der Waals surface area contributed by atoms with Crippen LogP contribution in [0.4, 0.5) is 0 Å². The lowest BCUT2D eigenvalue weighted by Gasteiger charge is -2.14. The maximum absolute atomic E-state index is 9.26. The van der Waals surface area contributed by atoms with Gasteiger partial charge in [0.05, 0.1) is 33.9 Å². The summed E-state index contributed by atoms with van der Waals surface area (Å²) in [5.41, 5.74) is 9.88. The van der Waals surface area contributed by atoms with Gasteiger partial charge in [-0.3, -0.25) is 9.97 Å². The van der Waals surface area contributed by atoms with Crippen molar-refractivity contribution in [2.75, 3.05) is 0 Å². The van der Waals surface area contributed by atoms with E-state index in [0.29, 0.717) is 5.56 Å². The minimum Gasteiger partial charge on any atom is -0.307 e. The minimum atomic E-state index is 0.633. The van der Waals surface area contributed by atoms with Gasteiger partial charge in [0.1, 0.15) is 5.52 Å². The Balaban J connectivity index is 1.44. The Bertz CT molecular complexity index is 2310. The number of hydrogen-bond donors (Lipinski definition) is 0. The molecule has 0 aliphatic rings. The molecule has 4 nitrogen and oxygen atoms in total. The molecule has 0 unspecified atom stereocenters. The third-order valence-corrected chi connectivity index (χ3v) is 7.91. The fourth-order valence-electron chi connectivity index (χ4n) is 5.96. The lowest BCUT2D eigenvalue weighted by Crippen LogP contribution is -1.99. The highest BCUT2D eigenvalue weighted by atomic mass is 15.0. The first kappa shape index (κ1) is 23.1. The molecule has 2 aromatic heterocycles. The second-order valence-corrected chi connectivity index (χ2v) is 10.2. The van der Waals surface area contributed by atoms with Crippen molar-refractivity contribution in [1.29, 1.82) is 5.26 Å². The van der Waals surface area contributed by atoms with Gasteiger partial charge in [0.2, 0.25) is 0 Å². The zero-order chi connectivity index (χ0) is 27.3. The fraction of sp³-hybridized carbons (Fsp3) is 0. The summed E-state index contributed by atoms with van der Waals surface area (Å²) in [5, 5.41) is 14.1. The minimum absolute atomic E-state index is 0.633. The molecule has 0 fully saturated rings. The van der Waals surface area contributed by atoms with Crippen molar-refractivity contribution >= 4 is 43.6 Å². The van der Waals surface area contributed by atoms with Gasteiger partial charge in [-0.1, -0.05) is 72.8 Å². The van der Waals surface area contributed by atoms with Crippen LogP contribution in [0.3, 0.4) is 0 Å². The zero-order valence-electron chi connectivity index (χ0n) is 22.0. The van der Waals surface area contributed by atoms with Crippen molar-refractivity contribution in [2.24, 2.45) is 0 Å². The Kier molecular flexibility index (Phi) is 5.16. The summed E-state index contributed by atoms with van der Waals surface area (Å²) >= 11 is 0. The second-order valence-electron chi connectivity index (χ2n) is 10.2. The molecular formula is C37H22N4. The van der Waals surface area contributed by atoms with Crippen LogP contribution in [-0.2, 0) is 0 Å². The van der Waals surface area contributed by atoms with Gasteiger partial charge in [-0.05, 0) is 76.0 Å². The Morgan fingerprint density at radius 1 is 0.537 bits per heavy atom. The smallest absolute Gasteiger partial charge is 0.113 e. The van der Waals surface area contributed by atoms with Crippen molar-refractivity contribution in [3.63, 3.8) is 0 Å². The molecule has 0 atom stereocenters. The lowest BCUT2D eigenvalue weighted by molar-refractivity contribution is 1.17. The van der Waals surface area contributed by atoms with Gasteiger partial charge in [0.15, 0.2) is 0 Å². The molecule has 2 heterocycles. The number of benzene rings is 6. The summed E-state index contributed by atoms with van der Waals surface area (Å²) < 4.78 is 2.32. The zero-order valence-corrected chi connectivity index (χ0v) is 22.0. The monoisotopic (exact) mass is 522 g/mol. The van der Waals surface area contributed by atoms with Crippen molar-refractivity contribution < 1.29 is 0 Å². The highest BCUT2D eigenvalue weighted by Crippen LogP contribution is 2.39. The molecule has 6 aromatic carbocycles. The number of fused-ring (bicyclic) bond motifs is 5. The molecule has 4 heteroatoms. The molecule has 190 valence electrons. The summed E-state index contributed by atoms with van der Waals surface area (Å²) in [6, 6.07) is 44.4. The molecule has 0 bridgehead atoms. The van der Waals surface area contributed by atoms with Crippen molar-refractivity contribution in [1.82, 2.24) is 14.5 Å². The average molecular weight is 523 g/mol. The van der Waals surface area contributed by atoms with Crippen LogP contribution in [-0.4, -0.2) is 14.5 Å². The van der Waals surface area contributed by atoms with Crippen LogP contribution in [0.5, 0.6) is 0 Å². The van der Waals surface area contributed by atoms with Crippen molar-refractivity contribution in [2.45, 2.75) is 0 Å². The normalized spacial score (nSPS) is 11.4. The Morgan fingerprint density at radius 3 is 2.00 bits per heavy atom. The van der Waals surface area contributed by atoms with E-state index in [1.807, 2.05) is 30.3 Å². The molecule has 0 aliphatic heterocycles. The number of rotatable bonds is 3. The van der Waals surface area contributed by atoms with Crippen LogP contribution in [0, 0.1) is 11.3 Å². The number of nitriles is 1. The van der Waals surface area contributed by atoms with E-state index in [9.17, 15) is 5.26 Å². The highest BCUT2D eigenvalue weighted by molar-refractivity contribution is 6.15. The van der Waals surface area contributed by atoms with Crippen LogP contribution in [0.25, 0.3) is 71.6 Å². The Labute approximate surface area is 236 Å². The molecule has 8 rings (SSSR count). The molecule has 41 heavy (non-hydrogen) atoms. The second kappa shape index (κ2) is 9.15. The molecule has 0 N–H and O–H groups in total. The summed E-state index contributed by atoms with van der Waals surface area (Å²) in [4.78, 5) is 9.66. The van der Waals surface area contributed by atoms with Gasteiger partial charge < -0.3 is 4.57 Å². The van der Waals surface area contributed by atoms with Crippen LogP contribution in [0.1, 0.15) is 5.56 Å². The molecular weight excluding hydrogens is 500 g/mol. The third-order valence-electron chi connectivity index (χ3n) is 7.91. The molecule has 0 radical (unpaired) electrons. The highest BCUT2D eigenvalue weighted by Gasteiger charge is 2.18. The topological polar surface area (TPSA) is 54.5 Å². The van der Waals surface area contributed by atoms with Crippen molar-refractivity contribution in [3.05, 3.63) is 139 Å². The van der Waals surface area contributed by atoms with E-state index in [1.165, 1.54) is 32.7 Å². The van der Waals surface area contributed by atoms with Crippen LogP contribution < -0.4 is 0 Å². The standard InChI is InChI=1S/C37H22N4/c38-23-24-10-12-26(13-11-24)30-15-17-34(37-36(30)39-18-19-40-37)41-33-16-14-29(25-6-2-1-3-7-25)21-31(33)32-20-27-8-4-5-9-28(27)22-35(32)41/h1-22H. The summed E-state index contributed by atoms with van der Waals surface area (Å²) in [5.74, 6) is 0. The van der Waals surface area contributed by atoms with Gasteiger partial charge in [0, 0.05) is 28.7 Å². The summed E-state index contributed by atoms with van der Waals surface area (Å²) in [6.07, 6.45) is 3.50. The van der Waals surface area contributed by atoms with Gasteiger partial charge in [0.25, 0.3) is 0 Å². The first-order valence-electron chi connectivity index (χ1n) is 13.6. The van der Waals surface area contributed by atoms with E-state index in [0.717, 1.165) is 38.9 Å². The van der Waals surface area contributed by atoms with Crippen LogP contribution >= 0.6 is 0 Å². The van der Waals surface area contributed by atoms with Gasteiger partial charge in [-0.15, -0.1) is 0 Å². The predicted molar refractivity (Wildman–Crippen MR) is 167 cm³/mol. The van der Waals surface area contributed by atoms with Crippen LogP contribution in [0.2, 0.25) is 0 Å². The van der Waals surface area contributed by atoms with E-state index >= 15 is 0 Å². The van der Waals surface area contributed by atoms with Gasteiger partial charge >= 0.3 is 0 Å². The summed E-state index contributed by atoms with van der Waals surface area (Å²) in [7, 11) is 0. The molecule has 0 amide bonds. The van der Waals surface area contributed by atoms with E-state index in [1.54, 1.807) is 12.4 Å². The molecule has 8 aromatic rings. The van der Waals surface area contributed by atoms with E-state index < -0.39 is 0 Å².